The molecule has 0 aromatic rings. The normalized spacial score (nSPS) is 16.5. The molecule has 0 aromatic carbocycles. The number of carboxylic acid groups (broad SMARTS) is 1. The van der Waals surface area contributed by atoms with Gasteiger partial charge in [-0.2, -0.15) is 0 Å². The highest BCUT2D eigenvalue weighted by molar-refractivity contribution is 5.67. The topological polar surface area (TPSA) is 37.3 Å². The molecule has 78 valence electrons. The molecule has 0 fully saturated rings. The first kappa shape index (κ1) is 11.0. The second kappa shape index (κ2) is 4.99. The highest BCUT2D eigenvalue weighted by atomic mass is 16.4. The fraction of sp³-hybridized carbons (Fsp3) is 0.583. The number of allylic oxidation sites excluding steroid dienone is 4. The van der Waals surface area contributed by atoms with Crippen molar-refractivity contribution < 1.29 is 9.90 Å². The molecule has 14 heavy (non-hydrogen) atoms. The van der Waals surface area contributed by atoms with Crippen LogP contribution in [0.4, 0.5) is 0 Å². The van der Waals surface area contributed by atoms with E-state index in [4.69, 9.17) is 5.11 Å². The smallest absolute Gasteiger partial charge is 0.303 e. The van der Waals surface area contributed by atoms with Crippen LogP contribution in [-0.4, -0.2) is 11.1 Å². The van der Waals surface area contributed by atoms with Crippen molar-refractivity contribution in [3.8, 4) is 0 Å². The van der Waals surface area contributed by atoms with Crippen molar-refractivity contribution in [1.82, 2.24) is 0 Å². The molecule has 0 aromatic heterocycles. The van der Waals surface area contributed by atoms with Crippen LogP contribution >= 0.6 is 0 Å². The maximum atomic E-state index is 10.4. The van der Waals surface area contributed by atoms with Gasteiger partial charge in [0.2, 0.25) is 0 Å². The van der Waals surface area contributed by atoms with Gasteiger partial charge in [0, 0.05) is 6.42 Å². The van der Waals surface area contributed by atoms with Crippen molar-refractivity contribution in [2.45, 2.75) is 39.5 Å². The summed E-state index contributed by atoms with van der Waals surface area (Å²) in [4.78, 5) is 10.4. The predicted octanol–water partition coefficient (Wildman–Crippen LogP) is 3.15. The maximum Gasteiger partial charge on any atom is 0.303 e. The van der Waals surface area contributed by atoms with Crippen molar-refractivity contribution in [2.24, 2.45) is 5.92 Å². The second-order valence-electron chi connectivity index (χ2n) is 4.11. The molecule has 0 atom stereocenters. The van der Waals surface area contributed by atoms with E-state index in [0.29, 0.717) is 12.3 Å². The Kier molecular flexibility index (Phi) is 3.93. The third-order valence-electron chi connectivity index (χ3n) is 2.67. The van der Waals surface area contributed by atoms with Gasteiger partial charge < -0.3 is 5.11 Å². The number of rotatable bonds is 4. The average Bonchev–Trinajstić information content (AvgIpc) is 2.15. The molecule has 2 heteroatoms. The Labute approximate surface area is 85.3 Å². The van der Waals surface area contributed by atoms with E-state index in [1.54, 1.807) is 0 Å². The lowest BCUT2D eigenvalue weighted by atomic mass is 9.90. The minimum Gasteiger partial charge on any atom is -0.481 e. The highest BCUT2D eigenvalue weighted by Crippen LogP contribution is 2.25. The summed E-state index contributed by atoms with van der Waals surface area (Å²) in [6.07, 6.45) is 7.36. The van der Waals surface area contributed by atoms with Gasteiger partial charge in [-0.15, -0.1) is 0 Å². The fourth-order valence-electron chi connectivity index (χ4n) is 1.65. The maximum absolute atomic E-state index is 10.4. The van der Waals surface area contributed by atoms with Crippen LogP contribution in [0.1, 0.15) is 39.5 Å². The van der Waals surface area contributed by atoms with E-state index >= 15 is 0 Å². The molecule has 2 nitrogen and oxygen atoms in total. The number of hydrogen-bond acceptors (Lipinski definition) is 1. The third-order valence-corrected chi connectivity index (χ3v) is 2.67. The molecule has 1 rings (SSSR count). The molecule has 1 N–H and O–H groups in total. The summed E-state index contributed by atoms with van der Waals surface area (Å²) in [6, 6.07) is 0. The number of carbonyl (C=O) groups is 1. The third kappa shape index (κ3) is 3.36. The van der Waals surface area contributed by atoms with E-state index in [9.17, 15) is 4.79 Å². The van der Waals surface area contributed by atoms with Crippen LogP contribution in [0.5, 0.6) is 0 Å². The van der Waals surface area contributed by atoms with Gasteiger partial charge in [0.15, 0.2) is 0 Å². The van der Waals surface area contributed by atoms with Crippen LogP contribution in [0.3, 0.4) is 0 Å². The molecule has 0 saturated heterocycles. The zero-order valence-electron chi connectivity index (χ0n) is 8.92. The van der Waals surface area contributed by atoms with E-state index in [1.165, 1.54) is 11.1 Å². The van der Waals surface area contributed by atoms with E-state index in [2.05, 4.69) is 26.0 Å². The first-order chi connectivity index (χ1) is 6.59. The quantitative estimate of drug-likeness (QED) is 0.746. The van der Waals surface area contributed by atoms with E-state index in [-0.39, 0.29) is 6.42 Å². The first-order valence-electron chi connectivity index (χ1n) is 5.20. The molecule has 0 saturated carbocycles. The number of hydrogen-bond donors (Lipinski definition) is 1. The minimum atomic E-state index is -0.704. The molecular formula is C12H18O2. The SMILES string of the molecule is CC(C)C1=CC=C(CCC(=O)O)CC1. The molecule has 1 aliphatic rings. The molecule has 0 spiro atoms. The summed E-state index contributed by atoms with van der Waals surface area (Å²) in [5, 5.41) is 8.54. The molecule has 0 aliphatic heterocycles. The minimum absolute atomic E-state index is 0.261. The van der Waals surface area contributed by atoms with Crippen LogP contribution in [0.15, 0.2) is 23.3 Å². The largest absolute Gasteiger partial charge is 0.481 e. The molecule has 0 radical (unpaired) electrons. The van der Waals surface area contributed by atoms with Gasteiger partial charge in [-0.1, -0.05) is 37.1 Å². The molecule has 0 bridgehead atoms. The summed E-state index contributed by atoms with van der Waals surface area (Å²) in [5.41, 5.74) is 2.75. The van der Waals surface area contributed by atoms with Crippen molar-refractivity contribution in [1.29, 1.82) is 0 Å². The van der Waals surface area contributed by atoms with Gasteiger partial charge in [0.25, 0.3) is 0 Å². The van der Waals surface area contributed by atoms with Gasteiger partial charge in [0.05, 0.1) is 0 Å². The Bertz CT molecular complexity index is 272. The van der Waals surface area contributed by atoms with Gasteiger partial charge in [0.1, 0.15) is 0 Å². The van der Waals surface area contributed by atoms with Gasteiger partial charge in [-0.05, 0) is 25.2 Å². The van der Waals surface area contributed by atoms with Gasteiger partial charge >= 0.3 is 5.97 Å². The molecule has 0 amide bonds. The zero-order chi connectivity index (χ0) is 10.6. The predicted molar refractivity (Wildman–Crippen MR) is 57.1 cm³/mol. The standard InChI is InChI=1S/C12H18O2/c1-9(2)11-6-3-10(4-7-11)5-8-12(13)14/h3,6,9H,4-5,7-8H2,1-2H3,(H,13,14). The lowest BCUT2D eigenvalue weighted by molar-refractivity contribution is -0.136. The Morgan fingerprint density at radius 2 is 2.14 bits per heavy atom. The summed E-state index contributed by atoms with van der Waals surface area (Å²) in [7, 11) is 0. The van der Waals surface area contributed by atoms with E-state index in [1.807, 2.05) is 0 Å². The summed E-state index contributed by atoms with van der Waals surface area (Å²) in [6.45, 7) is 4.39. The Morgan fingerprint density at radius 3 is 2.57 bits per heavy atom. The average molecular weight is 194 g/mol. The lowest BCUT2D eigenvalue weighted by Gasteiger charge is -2.16. The van der Waals surface area contributed by atoms with Crippen molar-refractivity contribution in [3.63, 3.8) is 0 Å². The molecular weight excluding hydrogens is 176 g/mol. The first-order valence-corrected chi connectivity index (χ1v) is 5.20. The Balaban J connectivity index is 2.47. The lowest BCUT2D eigenvalue weighted by Crippen LogP contribution is -2.01. The van der Waals surface area contributed by atoms with Gasteiger partial charge in [-0.3, -0.25) is 4.79 Å². The molecule has 0 heterocycles. The van der Waals surface area contributed by atoms with Crippen molar-refractivity contribution in [3.05, 3.63) is 23.3 Å². The van der Waals surface area contributed by atoms with E-state index < -0.39 is 5.97 Å². The monoisotopic (exact) mass is 194 g/mol. The van der Waals surface area contributed by atoms with Crippen LogP contribution in [-0.2, 0) is 4.79 Å². The van der Waals surface area contributed by atoms with Gasteiger partial charge in [-0.25, -0.2) is 0 Å². The number of carboxylic acids is 1. The zero-order valence-corrected chi connectivity index (χ0v) is 8.92. The summed E-state index contributed by atoms with van der Waals surface area (Å²) >= 11 is 0. The van der Waals surface area contributed by atoms with E-state index in [0.717, 1.165) is 12.8 Å². The molecule has 0 unspecified atom stereocenters. The Morgan fingerprint density at radius 1 is 1.43 bits per heavy atom. The van der Waals surface area contributed by atoms with Crippen LogP contribution in [0, 0.1) is 5.92 Å². The number of aliphatic carboxylic acids is 1. The van der Waals surface area contributed by atoms with Crippen molar-refractivity contribution >= 4 is 5.97 Å². The summed E-state index contributed by atoms with van der Waals surface area (Å²) < 4.78 is 0. The van der Waals surface area contributed by atoms with Crippen LogP contribution in [0.2, 0.25) is 0 Å². The highest BCUT2D eigenvalue weighted by Gasteiger charge is 2.09. The fourth-order valence-corrected chi connectivity index (χ4v) is 1.65. The second-order valence-corrected chi connectivity index (χ2v) is 4.11. The summed E-state index contributed by atoms with van der Waals surface area (Å²) in [5.74, 6) is -0.0863. The van der Waals surface area contributed by atoms with Crippen molar-refractivity contribution in [2.75, 3.05) is 0 Å². The molecule has 1 aliphatic carbocycles. The van der Waals surface area contributed by atoms with Crippen LogP contribution in [0.25, 0.3) is 0 Å². The Hall–Kier alpha value is -1.05. The van der Waals surface area contributed by atoms with Crippen LogP contribution < -0.4 is 0 Å².